The second-order valence-electron chi connectivity index (χ2n) is 16.1. The van der Waals surface area contributed by atoms with E-state index in [2.05, 4.69) is 16.0 Å². The number of allylic oxidation sites excluding steroid dienone is 2. The molecule has 5 aliphatic rings. The van der Waals surface area contributed by atoms with Gasteiger partial charge in [-0.1, -0.05) is 72.8 Å². The van der Waals surface area contributed by atoms with Crippen LogP contribution in [0, 0.1) is 0 Å². The second kappa shape index (κ2) is 10.8. The van der Waals surface area contributed by atoms with Crippen molar-refractivity contribution < 1.29 is 30.3 Å². The Balaban J connectivity index is 1.06. The lowest BCUT2D eigenvalue weighted by atomic mass is 9.79. The van der Waals surface area contributed by atoms with Crippen LogP contribution in [0.4, 0.5) is 17.1 Å². The third-order valence-corrected chi connectivity index (χ3v) is 12.9. The van der Waals surface area contributed by atoms with Crippen LogP contribution in [0.3, 0.4) is 0 Å². The van der Waals surface area contributed by atoms with Gasteiger partial charge in [-0.15, -0.1) is 0 Å². The number of hydrogen-bond donors (Lipinski definition) is 8. The molecule has 2 heterocycles. The van der Waals surface area contributed by atoms with E-state index in [1.54, 1.807) is 48.5 Å². The Hall–Kier alpha value is -8.24. The van der Waals surface area contributed by atoms with Crippen LogP contribution in [0.5, 0.6) is 23.0 Å². The molecule has 0 unspecified atom stereocenters. The van der Waals surface area contributed by atoms with E-state index >= 15 is 0 Å². The molecule has 0 atom stereocenters. The minimum absolute atomic E-state index is 0.0551. The smallest absolute Gasteiger partial charge is 0.201 e. The normalized spacial score (nSPS) is 17.3. The molecule has 0 saturated carbocycles. The predicted octanol–water partition coefficient (Wildman–Crippen LogP) is 8.16. The maximum absolute atomic E-state index is 14.9. The summed E-state index contributed by atoms with van der Waals surface area (Å²) in [6.45, 7) is 0. The molecule has 3 aliphatic carbocycles. The zero-order valence-electron chi connectivity index (χ0n) is 31.3. The lowest BCUT2D eigenvalue weighted by molar-refractivity contribution is -0.109. The SMILES string of the molecule is O=C1C(c2ccc3cccc4c3c2NC2(N4)c3cc(O)ccc3-c3ccc(O)cc32)=C(O)C1=c1ccc2cccc3c2c1=NC1(N3)c2cc(O)ccc2-c2ccc(O)cc21. The summed E-state index contributed by atoms with van der Waals surface area (Å²) in [4.78, 5) is 20.3. The fourth-order valence-electron chi connectivity index (χ4n) is 10.4. The van der Waals surface area contributed by atoms with Crippen molar-refractivity contribution >= 4 is 55.5 Å². The van der Waals surface area contributed by atoms with E-state index in [4.69, 9.17) is 4.99 Å². The summed E-state index contributed by atoms with van der Waals surface area (Å²) in [5.41, 5.74) is 6.67. The van der Waals surface area contributed by atoms with Crippen LogP contribution in [0.25, 0.3) is 54.9 Å². The molecule has 286 valence electrons. The Morgan fingerprint density at radius 2 is 0.967 bits per heavy atom. The summed E-state index contributed by atoms with van der Waals surface area (Å²) >= 11 is 0. The number of nitrogens with zero attached hydrogens (tertiary/aromatic N) is 1. The number of anilines is 3. The molecule has 0 bridgehead atoms. The van der Waals surface area contributed by atoms with Crippen LogP contribution >= 0.6 is 0 Å². The van der Waals surface area contributed by atoms with E-state index in [0.717, 1.165) is 66.3 Å². The Labute approximate surface area is 340 Å². The summed E-state index contributed by atoms with van der Waals surface area (Å²) in [6.07, 6.45) is 0. The van der Waals surface area contributed by atoms with E-state index in [-0.39, 0.29) is 45.7 Å². The van der Waals surface area contributed by atoms with Gasteiger partial charge in [0.2, 0.25) is 5.78 Å². The third kappa shape index (κ3) is 3.92. The highest BCUT2D eigenvalue weighted by atomic mass is 16.3. The molecule has 8 N–H and O–H groups in total. The highest BCUT2D eigenvalue weighted by Crippen LogP contribution is 2.57. The monoisotopic (exact) mass is 782 g/mol. The van der Waals surface area contributed by atoms with Crippen molar-refractivity contribution in [3.05, 3.63) is 178 Å². The number of carbonyl (C=O) groups is 1. The van der Waals surface area contributed by atoms with Crippen molar-refractivity contribution in [2.45, 2.75) is 11.3 Å². The van der Waals surface area contributed by atoms with Gasteiger partial charge in [-0.05, 0) is 93.7 Å². The van der Waals surface area contributed by atoms with Gasteiger partial charge >= 0.3 is 0 Å². The molecular formula is C50H30N4O6. The van der Waals surface area contributed by atoms with Gasteiger partial charge in [-0.3, -0.25) is 4.79 Å². The molecule has 2 spiro atoms. The molecule has 10 heteroatoms. The second-order valence-corrected chi connectivity index (χ2v) is 16.1. The molecule has 13 rings (SSSR count). The van der Waals surface area contributed by atoms with E-state index in [0.29, 0.717) is 33.0 Å². The number of aliphatic hydroxyl groups excluding tert-OH is 1. The van der Waals surface area contributed by atoms with Gasteiger partial charge in [0, 0.05) is 55.2 Å². The summed E-state index contributed by atoms with van der Waals surface area (Å²) in [5.74, 6) is -0.288. The number of hydrogen-bond acceptors (Lipinski definition) is 10. The van der Waals surface area contributed by atoms with Crippen molar-refractivity contribution in [1.82, 2.24) is 0 Å². The first-order valence-corrected chi connectivity index (χ1v) is 19.5. The minimum atomic E-state index is -1.28. The highest BCUT2D eigenvalue weighted by molar-refractivity contribution is 6.52. The van der Waals surface area contributed by atoms with Crippen LogP contribution in [0.1, 0.15) is 27.8 Å². The number of benzene rings is 8. The summed E-state index contributed by atoms with van der Waals surface area (Å²) in [6, 6.07) is 39.9. The number of ketones is 1. The van der Waals surface area contributed by atoms with Crippen molar-refractivity contribution in [2.24, 2.45) is 4.99 Å². The van der Waals surface area contributed by atoms with E-state index < -0.39 is 11.3 Å². The Morgan fingerprint density at radius 3 is 1.55 bits per heavy atom. The molecule has 10 nitrogen and oxygen atoms in total. The maximum atomic E-state index is 14.9. The molecule has 0 aromatic heterocycles. The van der Waals surface area contributed by atoms with Gasteiger partial charge in [0.1, 0.15) is 28.8 Å². The minimum Gasteiger partial charge on any atom is -0.508 e. The predicted molar refractivity (Wildman–Crippen MR) is 229 cm³/mol. The van der Waals surface area contributed by atoms with Gasteiger partial charge in [0.25, 0.3) is 0 Å². The number of aliphatic hydroxyl groups is 1. The van der Waals surface area contributed by atoms with Gasteiger partial charge in [0.05, 0.1) is 22.2 Å². The molecule has 2 aliphatic heterocycles. The number of fused-ring (bicyclic) bond motifs is 10. The van der Waals surface area contributed by atoms with Gasteiger partial charge in [-0.2, -0.15) is 0 Å². The van der Waals surface area contributed by atoms with Crippen LogP contribution in [-0.2, 0) is 16.1 Å². The number of phenolic OH excluding ortho intramolecular Hbond substituents is 4. The van der Waals surface area contributed by atoms with Gasteiger partial charge in [-0.25, -0.2) is 4.99 Å². The molecule has 60 heavy (non-hydrogen) atoms. The number of nitrogens with one attached hydrogen (secondary N) is 3. The highest BCUT2D eigenvalue weighted by Gasteiger charge is 2.49. The Morgan fingerprint density at radius 1 is 0.467 bits per heavy atom. The van der Waals surface area contributed by atoms with Crippen molar-refractivity contribution in [2.75, 3.05) is 16.0 Å². The number of phenols is 4. The lowest BCUT2D eigenvalue weighted by Gasteiger charge is -2.41. The fourth-order valence-corrected chi connectivity index (χ4v) is 10.4. The standard InChI is InChI=1S/C50H30N4O6/c55-25-9-15-29-30-16-10-26(56)20-36(30)49(35(29)19-25)51-39-5-1-3-23-7-13-33(45(53-49)41(23)39)43-47(59)44(48(43)60)34-14-8-24-4-2-6-40-42(24)46(34)54-50(52-40)37-21-27(57)11-17-31(37)32-18-12-28(58)22-38(32)50/h1-22,51-53,55-59H. The number of carbonyl (C=O) groups excluding carboxylic acids is 1. The van der Waals surface area contributed by atoms with Crippen LogP contribution in [0.2, 0.25) is 0 Å². The summed E-state index contributed by atoms with van der Waals surface area (Å²) < 4.78 is 0. The fraction of sp³-hybridized carbons (Fsp3) is 0.0400. The molecule has 0 fully saturated rings. The molecule has 0 radical (unpaired) electrons. The first-order valence-electron chi connectivity index (χ1n) is 19.5. The van der Waals surface area contributed by atoms with E-state index in [9.17, 15) is 30.3 Å². The summed E-state index contributed by atoms with van der Waals surface area (Å²) in [5, 5.41) is 70.8. The molecule has 0 amide bonds. The molecular weight excluding hydrogens is 753 g/mol. The number of rotatable bonds is 1. The van der Waals surface area contributed by atoms with Crippen LogP contribution < -0.4 is 26.5 Å². The van der Waals surface area contributed by atoms with Crippen molar-refractivity contribution in [3.8, 4) is 45.3 Å². The zero-order valence-corrected chi connectivity index (χ0v) is 31.3. The zero-order chi connectivity index (χ0) is 40.4. The average Bonchev–Trinajstić information content (AvgIpc) is 3.63. The molecule has 8 aromatic rings. The van der Waals surface area contributed by atoms with Crippen LogP contribution in [-0.4, -0.2) is 31.3 Å². The Kier molecular flexibility index (Phi) is 5.92. The Bertz CT molecular complexity index is 3470. The first-order chi connectivity index (χ1) is 29.1. The van der Waals surface area contributed by atoms with Crippen molar-refractivity contribution in [1.29, 1.82) is 0 Å². The van der Waals surface area contributed by atoms with Crippen LogP contribution in [0.15, 0.2) is 144 Å². The first kappa shape index (κ1) is 32.8. The third-order valence-electron chi connectivity index (χ3n) is 12.9. The molecule has 0 saturated heterocycles. The maximum Gasteiger partial charge on any atom is 0.201 e. The largest absolute Gasteiger partial charge is 0.508 e. The molecule has 8 aromatic carbocycles. The number of Topliss-reactive ketones (excluding diaryl/α,β-unsaturated/α-hetero) is 1. The van der Waals surface area contributed by atoms with E-state index in [1.165, 1.54) is 0 Å². The average molecular weight is 783 g/mol. The number of aromatic hydroxyl groups is 4. The topological polar surface area (TPSA) is 167 Å². The van der Waals surface area contributed by atoms with Gasteiger partial charge < -0.3 is 41.5 Å². The van der Waals surface area contributed by atoms with E-state index in [1.807, 2.05) is 84.9 Å². The van der Waals surface area contributed by atoms with Gasteiger partial charge in [0.15, 0.2) is 11.3 Å². The lowest BCUT2D eigenvalue weighted by Crippen LogP contribution is -2.45. The summed E-state index contributed by atoms with van der Waals surface area (Å²) in [7, 11) is 0. The quantitative estimate of drug-likeness (QED) is 0.0820. The van der Waals surface area contributed by atoms with Crippen molar-refractivity contribution in [3.63, 3.8) is 0 Å².